The highest BCUT2D eigenvalue weighted by atomic mass is 35.5. The molecule has 0 unspecified atom stereocenters. The van der Waals surface area contributed by atoms with Gasteiger partial charge < -0.3 is 32.2 Å². The van der Waals surface area contributed by atoms with Crippen LogP contribution in [0.25, 0.3) is 10.9 Å². The first-order valence-corrected chi connectivity index (χ1v) is 8.04. The second-order valence-electron chi connectivity index (χ2n) is 5.76. The van der Waals surface area contributed by atoms with Crippen molar-refractivity contribution in [2.45, 2.75) is 13.0 Å². The molecule has 1 aliphatic heterocycles. The van der Waals surface area contributed by atoms with Crippen LogP contribution in [0.3, 0.4) is 0 Å². The molecule has 2 heterocycles. The molecule has 126 valence electrons. The van der Waals surface area contributed by atoms with E-state index in [9.17, 15) is 0 Å². The highest BCUT2D eigenvalue weighted by molar-refractivity contribution is 5.83. The minimum Gasteiger partial charge on any atom is -1.00 e. The van der Waals surface area contributed by atoms with Crippen LogP contribution < -0.4 is 27.2 Å². The Kier molecular flexibility index (Phi) is 5.28. The lowest BCUT2D eigenvalue weighted by Crippen LogP contribution is -3.00. The maximum Gasteiger partial charge on any atom is 0.161 e. The van der Waals surface area contributed by atoms with Gasteiger partial charge >= 0.3 is 0 Å². The maximum atomic E-state index is 5.62. The van der Waals surface area contributed by atoms with E-state index in [2.05, 4.69) is 52.9 Å². The van der Waals surface area contributed by atoms with Crippen molar-refractivity contribution in [2.75, 3.05) is 19.8 Å². The van der Waals surface area contributed by atoms with Crippen LogP contribution in [0.2, 0.25) is 0 Å². The molecule has 4 rings (SSSR count). The molecule has 0 fully saturated rings. The zero-order valence-electron chi connectivity index (χ0n) is 13.3. The predicted molar refractivity (Wildman–Crippen MR) is 91.1 cm³/mol. The summed E-state index contributed by atoms with van der Waals surface area (Å²) in [4.78, 5) is 3.32. The molecular weight excluding hydrogens is 324 g/mol. The average molecular weight is 344 g/mol. The van der Waals surface area contributed by atoms with Gasteiger partial charge in [-0.1, -0.05) is 24.3 Å². The third-order valence-electron chi connectivity index (χ3n) is 4.18. The van der Waals surface area contributed by atoms with Crippen molar-refractivity contribution in [1.29, 1.82) is 0 Å². The van der Waals surface area contributed by atoms with Gasteiger partial charge in [0.15, 0.2) is 11.5 Å². The van der Waals surface area contributed by atoms with E-state index in [0.717, 1.165) is 31.0 Å². The van der Waals surface area contributed by atoms with E-state index in [1.165, 1.54) is 22.0 Å². The van der Waals surface area contributed by atoms with Crippen LogP contribution in [0.4, 0.5) is 0 Å². The first-order chi connectivity index (χ1) is 11.4. The number of halogens is 1. The third kappa shape index (κ3) is 3.50. The number of ether oxygens (including phenoxy) is 2. The fraction of sp³-hybridized carbons (Fsp3) is 0.263. The predicted octanol–water partition coefficient (Wildman–Crippen LogP) is 0.275. The number of fused-ring (bicyclic) bond motifs is 2. The molecule has 0 spiro atoms. The van der Waals surface area contributed by atoms with E-state index in [1.54, 1.807) is 0 Å². The summed E-state index contributed by atoms with van der Waals surface area (Å²) in [5.74, 6) is 1.70. The lowest BCUT2D eigenvalue weighted by atomic mass is 10.1. The number of hydrogen-bond acceptors (Lipinski definition) is 3. The monoisotopic (exact) mass is 343 g/mol. The first kappa shape index (κ1) is 16.7. The highest BCUT2D eigenvalue weighted by Crippen LogP contribution is 2.30. The lowest BCUT2D eigenvalue weighted by molar-refractivity contribution is -0.00000523. The molecule has 0 radical (unpaired) electrons. The number of aromatic nitrogens is 1. The van der Waals surface area contributed by atoms with Gasteiger partial charge in [-0.3, -0.25) is 0 Å². The van der Waals surface area contributed by atoms with Gasteiger partial charge in [0.1, 0.15) is 13.2 Å². The molecule has 2 aromatic carbocycles. The Morgan fingerprint density at radius 1 is 1.00 bits per heavy atom. The molecule has 4 nitrogen and oxygen atoms in total. The van der Waals surface area contributed by atoms with Gasteiger partial charge in [0, 0.05) is 23.6 Å². The number of nitrogens with one attached hydrogen (secondary N) is 2. The number of H-pyrrole nitrogens is 1. The van der Waals surface area contributed by atoms with Crippen LogP contribution in [0.15, 0.2) is 48.7 Å². The molecule has 1 aliphatic rings. The smallest absolute Gasteiger partial charge is 0.161 e. The van der Waals surface area contributed by atoms with Gasteiger partial charge in [0.05, 0.1) is 0 Å². The second kappa shape index (κ2) is 7.60. The quantitative estimate of drug-likeness (QED) is 0.654. The molecule has 0 saturated carbocycles. The molecule has 0 amide bonds. The first-order valence-electron chi connectivity index (χ1n) is 8.04. The Morgan fingerprint density at radius 3 is 2.75 bits per heavy atom. The molecule has 5 heteroatoms. The van der Waals surface area contributed by atoms with Crippen LogP contribution >= 0.6 is 0 Å². The summed E-state index contributed by atoms with van der Waals surface area (Å²) in [7, 11) is 0. The summed E-state index contributed by atoms with van der Waals surface area (Å²) >= 11 is 0. The Morgan fingerprint density at radius 2 is 1.83 bits per heavy atom. The van der Waals surface area contributed by atoms with Crippen molar-refractivity contribution in [1.82, 2.24) is 10.3 Å². The number of hydrogen-bond donors (Lipinski definition) is 2. The zero-order valence-corrected chi connectivity index (χ0v) is 14.1. The maximum absolute atomic E-state index is 5.62. The number of rotatable bonds is 5. The van der Waals surface area contributed by atoms with E-state index in [1.807, 2.05) is 6.07 Å². The van der Waals surface area contributed by atoms with E-state index in [4.69, 9.17) is 9.47 Å². The molecule has 0 saturated heterocycles. The van der Waals surface area contributed by atoms with Gasteiger partial charge in [0.2, 0.25) is 0 Å². The van der Waals surface area contributed by atoms with Crippen molar-refractivity contribution in [3.05, 3.63) is 59.8 Å². The lowest BCUT2D eigenvalue weighted by Gasteiger charge is -2.19. The minimum atomic E-state index is 0. The highest BCUT2D eigenvalue weighted by Gasteiger charge is 2.11. The van der Waals surface area contributed by atoms with Crippen LogP contribution in [0.5, 0.6) is 11.5 Å². The van der Waals surface area contributed by atoms with Gasteiger partial charge in [-0.05, 0) is 42.3 Å². The van der Waals surface area contributed by atoms with Crippen molar-refractivity contribution < 1.29 is 21.9 Å². The molecular formula is C19H20ClN2O2-. The summed E-state index contributed by atoms with van der Waals surface area (Å²) in [5, 5.41) is 4.81. The van der Waals surface area contributed by atoms with Crippen molar-refractivity contribution in [3.8, 4) is 11.5 Å². The summed E-state index contributed by atoms with van der Waals surface area (Å²) < 4.78 is 11.2. The number of aromatic amines is 1. The second-order valence-corrected chi connectivity index (χ2v) is 5.76. The summed E-state index contributed by atoms with van der Waals surface area (Å²) in [5.41, 5.74) is 3.78. The van der Waals surface area contributed by atoms with E-state index < -0.39 is 0 Å². The van der Waals surface area contributed by atoms with Crippen LogP contribution in [-0.4, -0.2) is 24.7 Å². The minimum absolute atomic E-state index is 0. The molecule has 3 aromatic rings. The van der Waals surface area contributed by atoms with Crippen LogP contribution in [0, 0.1) is 0 Å². The van der Waals surface area contributed by atoms with E-state index >= 15 is 0 Å². The van der Waals surface area contributed by atoms with Gasteiger partial charge in [-0.2, -0.15) is 0 Å². The zero-order chi connectivity index (χ0) is 15.5. The number of para-hydroxylation sites is 1. The van der Waals surface area contributed by atoms with E-state index in [-0.39, 0.29) is 12.4 Å². The van der Waals surface area contributed by atoms with Crippen molar-refractivity contribution >= 4 is 10.9 Å². The van der Waals surface area contributed by atoms with Crippen LogP contribution in [-0.2, 0) is 13.0 Å². The normalized spacial score (nSPS) is 12.8. The Bertz CT molecular complexity index is 816. The fourth-order valence-corrected chi connectivity index (χ4v) is 2.99. The molecule has 0 aliphatic carbocycles. The van der Waals surface area contributed by atoms with Gasteiger partial charge in [-0.25, -0.2) is 0 Å². The fourth-order valence-electron chi connectivity index (χ4n) is 2.99. The largest absolute Gasteiger partial charge is 1.00 e. The average Bonchev–Trinajstić information content (AvgIpc) is 3.02. The SMILES string of the molecule is [Cl-].c1ccc2c(CCNCc3ccc4c(c3)OCCO4)c[nH]c2c1. The number of benzene rings is 2. The topological polar surface area (TPSA) is 46.3 Å². The Labute approximate surface area is 147 Å². The Hall–Kier alpha value is -2.17. The summed E-state index contributed by atoms with van der Waals surface area (Å²) in [6.07, 6.45) is 3.12. The molecule has 2 N–H and O–H groups in total. The molecule has 1 aromatic heterocycles. The molecule has 0 bridgehead atoms. The van der Waals surface area contributed by atoms with Gasteiger partial charge in [-0.15, -0.1) is 0 Å². The van der Waals surface area contributed by atoms with Crippen molar-refractivity contribution in [3.63, 3.8) is 0 Å². The Balaban J connectivity index is 0.00000169. The summed E-state index contributed by atoms with van der Waals surface area (Å²) in [6.45, 7) is 3.04. The van der Waals surface area contributed by atoms with Crippen LogP contribution in [0.1, 0.15) is 11.1 Å². The molecule has 24 heavy (non-hydrogen) atoms. The van der Waals surface area contributed by atoms with E-state index in [0.29, 0.717) is 13.2 Å². The standard InChI is InChI=1S/C19H20N2O2.ClH/c1-2-4-17-16(3-1)15(13-21-17)7-8-20-12-14-5-6-18-19(11-14)23-10-9-22-18;/h1-6,11,13,20-21H,7-10,12H2;1H/p-1. The molecule has 0 atom stereocenters. The summed E-state index contributed by atoms with van der Waals surface area (Å²) in [6, 6.07) is 14.6. The third-order valence-corrected chi connectivity index (χ3v) is 4.18. The van der Waals surface area contributed by atoms with Gasteiger partial charge in [0.25, 0.3) is 0 Å². The van der Waals surface area contributed by atoms with Crippen molar-refractivity contribution in [2.24, 2.45) is 0 Å².